The molecule has 0 heterocycles. The molecule has 5 heteroatoms. The van der Waals surface area contributed by atoms with Crippen LogP contribution in [0.3, 0.4) is 0 Å². The van der Waals surface area contributed by atoms with Gasteiger partial charge in [0.25, 0.3) is 0 Å². The van der Waals surface area contributed by atoms with Crippen LogP contribution in [-0.2, 0) is 30.5 Å². The van der Waals surface area contributed by atoms with E-state index in [4.69, 9.17) is 6.65 Å². The summed E-state index contributed by atoms with van der Waals surface area (Å²) >= 11 is -2.00. The van der Waals surface area contributed by atoms with Crippen LogP contribution in [0.5, 0.6) is 0 Å². The first-order valence-electron chi connectivity index (χ1n) is 2.96. The van der Waals surface area contributed by atoms with Crippen LogP contribution >= 0.6 is 9.24 Å². The zero-order valence-electron chi connectivity index (χ0n) is 5.71. The fourth-order valence-corrected chi connectivity index (χ4v) is 0.661. The first kappa shape index (κ1) is 13.0. The van der Waals surface area contributed by atoms with Gasteiger partial charge in [-0.2, -0.15) is 0 Å². The molecule has 10 heavy (non-hydrogen) atoms. The average molecular weight is 198 g/mol. The molecule has 0 N–H and O–H groups in total. The molecule has 0 rings (SSSR count). The third-order valence-electron chi connectivity index (χ3n) is 0.776. The van der Waals surface area contributed by atoms with Crippen molar-refractivity contribution in [1.82, 2.24) is 0 Å². The quantitative estimate of drug-likeness (QED) is 0.293. The molecule has 0 aliphatic heterocycles. The molecular formula is C5H11O3PTi. The number of aldehydes is 1. The fraction of sp³-hybridized carbons (Fsp3) is 0.800. The molecule has 0 aromatic heterocycles. The molecule has 0 saturated carbocycles. The Hall–Kier alpha value is 0.414. The SMILES string of the molecule is O=CCCCCP.[O]=[Ti]=[O]. The van der Waals surface area contributed by atoms with Crippen LogP contribution in [0, 0.1) is 0 Å². The van der Waals surface area contributed by atoms with Gasteiger partial charge in [0, 0.05) is 6.42 Å². The molecule has 1 atom stereocenters. The van der Waals surface area contributed by atoms with Crippen LogP contribution in [0.25, 0.3) is 0 Å². The van der Waals surface area contributed by atoms with Gasteiger partial charge in [0.1, 0.15) is 6.29 Å². The Morgan fingerprint density at radius 2 is 1.80 bits per heavy atom. The minimum atomic E-state index is -2.00. The number of hydrogen-bond donors (Lipinski definition) is 0. The summed E-state index contributed by atoms with van der Waals surface area (Å²) in [5.41, 5.74) is 0. The third-order valence-corrected chi connectivity index (χ3v) is 1.18. The fourth-order valence-electron chi connectivity index (χ4n) is 0.372. The summed E-state index contributed by atoms with van der Waals surface area (Å²) in [6, 6.07) is 0. The van der Waals surface area contributed by atoms with Gasteiger partial charge in [-0.15, -0.1) is 9.24 Å². The Balaban J connectivity index is 0. The van der Waals surface area contributed by atoms with Crippen LogP contribution in [-0.4, -0.2) is 12.4 Å². The van der Waals surface area contributed by atoms with Gasteiger partial charge in [-0.05, 0) is 19.0 Å². The molecule has 0 spiro atoms. The van der Waals surface area contributed by atoms with Crippen molar-refractivity contribution in [3.63, 3.8) is 0 Å². The van der Waals surface area contributed by atoms with E-state index in [-0.39, 0.29) is 0 Å². The monoisotopic (exact) mass is 198 g/mol. The maximum absolute atomic E-state index is 9.67. The summed E-state index contributed by atoms with van der Waals surface area (Å²) in [7, 11) is 2.63. The van der Waals surface area contributed by atoms with Crippen molar-refractivity contribution in [2.45, 2.75) is 19.3 Å². The molecule has 0 aromatic rings. The van der Waals surface area contributed by atoms with Gasteiger partial charge < -0.3 is 4.79 Å². The molecule has 0 aliphatic carbocycles. The van der Waals surface area contributed by atoms with E-state index in [0.29, 0.717) is 0 Å². The molecule has 0 bridgehead atoms. The van der Waals surface area contributed by atoms with Gasteiger partial charge in [-0.1, -0.05) is 0 Å². The van der Waals surface area contributed by atoms with E-state index in [2.05, 4.69) is 9.24 Å². The zero-order chi connectivity index (χ0) is 8.24. The van der Waals surface area contributed by atoms with E-state index < -0.39 is 19.1 Å². The summed E-state index contributed by atoms with van der Waals surface area (Å²) in [6.45, 7) is 0. The van der Waals surface area contributed by atoms with Crippen LogP contribution in [0.1, 0.15) is 19.3 Å². The Morgan fingerprint density at radius 1 is 1.30 bits per heavy atom. The van der Waals surface area contributed by atoms with E-state index >= 15 is 0 Å². The van der Waals surface area contributed by atoms with Crippen LogP contribution in [0.4, 0.5) is 0 Å². The molecule has 58 valence electrons. The van der Waals surface area contributed by atoms with Gasteiger partial charge in [0.2, 0.25) is 0 Å². The molecule has 3 nitrogen and oxygen atoms in total. The van der Waals surface area contributed by atoms with E-state index in [9.17, 15) is 4.79 Å². The van der Waals surface area contributed by atoms with Crippen LogP contribution in [0.2, 0.25) is 0 Å². The summed E-state index contributed by atoms with van der Waals surface area (Å²) in [5.74, 6) is 0. The summed E-state index contributed by atoms with van der Waals surface area (Å²) in [5, 5.41) is 0. The van der Waals surface area contributed by atoms with Crippen LogP contribution in [0.15, 0.2) is 0 Å². The first-order valence-corrected chi connectivity index (χ1v) is 5.05. The first-order chi connectivity index (χ1) is 4.83. The molecule has 0 radical (unpaired) electrons. The average Bonchev–Trinajstić information content (AvgIpc) is 1.91. The third kappa shape index (κ3) is 23.7. The number of carbonyl (C=O) groups is 1. The van der Waals surface area contributed by atoms with Gasteiger partial charge >= 0.3 is 25.7 Å². The van der Waals surface area contributed by atoms with Crippen molar-refractivity contribution in [2.75, 3.05) is 6.16 Å². The Morgan fingerprint density at radius 3 is 2.10 bits per heavy atom. The standard InChI is InChI=1S/C5H11OP.2O.Ti/c6-4-2-1-3-5-7;;;/h4H,1-3,5,7H2;;;. The maximum atomic E-state index is 9.67. The van der Waals surface area contributed by atoms with Gasteiger partial charge in [-0.3, -0.25) is 0 Å². The second-order valence-electron chi connectivity index (χ2n) is 1.53. The van der Waals surface area contributed by atoms with E-state index in [1.165, 1.54) is 0 Å². The van der Waals surface area contributed by atoms with Crippen molar-refractivity contribution >= 4 is 15.5 Å². The summed E-state index contributed by atoms with van der Waals surface area (Å²) < 4.78 is 17.0. The molecule has 0 aliphatic rings. The predicted octanol–water partition coefficient (Wildman–Crippen LogP) is 0.991. The van der Waals surface area contributed by atoms with Crippen molar-refractivity contribution in [3.05, 3.63) is 0 Å². The Bertz CT molecular complexity index is 101. The number of unbranched alkanes of at least 4 members (excludes halogenated alkanes) is 2. The molecule has 0 amide bonds. The van der Waals surface area contributed by atoms with Crippen molar-refractivity contribution in [2.24, 2.45) is 0 Å². The Labute approximate surface area is 71.7 Å². The zero-order valence-corrected chi connectivity index (χ0v) is 8.42. The number of rotatable bonds is 4. The summed E-state index contributed by atoms with van der Waals surface area (Å²) in [6.07, 6.45) is 5.03. The van der Waals surface area contributed by atoms with Crippen LogP contribution < -0.4 is 0 Å². The van der Waals surface area contributed by atoms with E-state index in [0.717, 1.165) is 31.7 Å². The molecule has 1 unspecified atom stereocenters. The number of carbonyl (C=O) groups excluding carboxylic acids is 1. The van der Waals surface area contributed by atoms with Gasteiger partial charge in [0.15, 0.2) is 0 Å². The summed E-state index contributed by atoms with van der Waals surface area (Å²) in [4.78, 5) is 9.67. The van der Waals surface area contributed by atoms with E-state index in [1.807, 2.05) is 0 Å². The second kappa shape index (κ2) is 16.2. The normalized spacial score (nSPS) is 6.90. The molecule has 0 fully saturated rings. The van der Waals surface area contributed by atoms with Gasteiger partial charge in [-0.25, -0.2) is 0 Å². The molecular weight excluding hydrogens is 187 g/mol. The second-order valence-corrected chi connectivity index (χ2v) is 2.37. The van der Waals surface area contributed by atoms with Crippen molar-refractivity contribution < 1.29 is 30.5 Å². The number of hydrogen-bond acceptors (Lipinski definition) is 3. The molecule has 0 saturated heterocycles. The Kier molecular flexibility index (Phi) is 21.1. The van der Waals surface area contributed by atoms with E-state index in [1.54, 1.807) is 0 Å². The minimum absolute atomic E-state index is 0.731. The van der Waals surface area contributed by atoms with Gasteiger partial charge in [0.05, 0.1) is 0 Å². The molecule has 0 aromatic carbocycles. The van der Waals surface area contributed by atoms with Crippen molar-refractivity contribution in [3.8, 4) is 0 Å². The van der Waals surface area contributed by atoms with Crippen molar-refractivity contribution in [1.29, 1.82) is 0 Å². The topological polar surface area (TPSA) is 51.2 Å². The predicted molar refractivity (Wildman–Crippen MR) is 35.9 cm³/mol.